The van der Waals surface area contributed by atoms with Crippen molar-refractivity contribution in [1.82, 2.24) is 5.32 Å². The van der Waals surface area contributed by atoms with Gasteiger partial charge in [0, 0.05) is 18.5 Å². The van der Waals surface area contributed by atoms with Crippen molar-refractivity contribution in [2.45, 2.75) is 32.6 Å². The highest BCUT2D eigenvalue weighted by molar-refractivity contribution is 6.31. The van der Waals surface area contributed by atoms with Crippen LogP contribution in [0.25, 0.3) is 0 Å². The second-order valence-corrected chi connectivity index (χ2v) is 5.29. The van der Waals surface area contributed by atoms with E-state index in [1.165, 1.54) is 12.1 Å². The molecule has 4 nitrogen and oxygen atoms in total. The summed E-state index contributed by atoms with van der Waals surface area (Å²) in [4.78, 5) is 22.4. The summed E-state index contributed by atoms with van der Waals surface area (Å²) in [5.41, 5.74) is 0.306. The van der Waals surface area contributed by atoms with Crippen LogP contribution in [0.2, 0.25) is 5.02 Å². The predicted octanol–water partition coefficient (Wildman–Crippen LogP) is 3.49. The van der Waals surface area contributed by atoms with E-state index in [1.54, 1.807) is 0 Å². The average molecular weight is 316 g/mol. The first-order valence-electron chi connectivity index (χ1n) is 6.89. The van der Waals surface area contributed by atoms with Crippen molar-refractivity contribution in [2.24, 2.45) is 5.92 Å². The SMILES string of the molecule is CCC(CCNC(=O)c1ccc(F)c(Cl)c1)CCC(=O)O. The Morgan fingerprint density at radius 3 is 2.67 bits per heavy atom. The fraction of sp³-hybridized carbons (Fsp3) is 0.467. The first-order valence-corrected chi connectivity index (χ1v) is 7.26. The number of carboxylic acids is 1. The van der Waals surface area contributed by atoms with E-state index < -0.39 is 11.8 Å². The van der Waals surface area contributed by atoms with Crippen molar-refractivity contribution in [3.05, 3.63) is 34.6 Å². The Morgan fingerprint density at radius 2 is 2.10 bits per heavy atom. The molecule has 1 unspecified atom stereocenters. The zero-order valence-corrected chi connectivity index (χ0v) is 12.6. The van der Waals surface area contributed by atoms with Crippen LogP contribution >= 0.6 is 11.6 Å². The van der Waals surface area contributed by atoms with Gasteiger partial charge in [0.15, 0.2) is 0 Å². The summed E-state index contributed by atoms with van der Waals surface area (Å²) >= 11 is 5.63. The molecule has 1 aromatic carbocycles. The first-order chi connectivity index (χ1) is 9.93. The Kier molecular flexibility index (Phi) is 7.15. The van der Waals surface area contributed by atoms with E-state index in [0.717, 1.165) is 12.5 Å². The largest absolute Gasteiger partial charge is 0.481 e. The Morgan fingerprint density at radius 1 is 1.38 bits per heavy atom. The lowest BCUT2D eigenvalue weighted by Gasteiger charge is -2.14. The first kappa shape index (κ1) is 17.4. The van der Waals surface area contributed by atoms with Crippen LogP contribution in [0.3, 0.4) is 0 Å². The van der Waals surface area contributed by atoms with Gasteiger partial charge >= 0.3 is 5.97 Å². The van der Waals surface area contributed by atoms with Crippen LogP contribution in [-0.4, -0.2) is 23.5 Å². The molecule has 1 amide bonds. The molecular formula is C15H19ClFNO3. The van der Waals surface area contributed by atoms with Crippen molar-refractivity contribution in [3.8, 4) is 0 Å². The molecule has 0 bridgehead atoms. The fourth-order valence-electron chi connectivity index (χ4n) is 2.01. The molecule has 21 heavy (non-hydrogen) atoms. The van der Waals surface area contributed by atoms with Gasteiger partial charge in [0.2, 0.25) is 0 Å². The predicted molar refractivity (Wildman–Crippen MR) is 79.0 cm³/mol. The highest BCUT2D eigenvalue weighted by atomic mass is 35.5. The minimum atomic E-state index is -0.807. The number of aliphatic carboxylic acids is 1. The van der Waals surface area contributed by atoms with E-state index in [4.69, 9.17) is 16.7 Å². The van der Waals surface area contributed by atoms with Crippen molar-refractivity contribution < 1.29 is 19.1 Å². The maximum Gasteiger partial charge on any atom is 0.303 e. The number of carbonyl (C=O) groups is 2. The number of rotatable bonds is 8. The van der Waals surface area contributed by atoms with Crippen LogP contribution in [0, 0.1) is 11.7 Å². The number of benzene rings is 1. The summed E-state index contributed by atoms with van der Waals surface area (Å²) in [5.74, 6) is -1.42. The minimum absolute atomic E-state index is 0.0875. The van der Waals surface area contributed by atoms with Gasteiger partial charge in [-0.15, -0.1) is 0 Å². The van der Waals surface area contributed by atoms with E-state index >= 15 is 0 Å². The molecule has 0 aliphatic carbocycles. The van der Waals surface area contributed by atoms with Gasteiger partial charge in [-0.2, -0.15) is 0 Å². The highest BCUT2D eigenvalue weighted by Crippen LogP contribution is 2.17. The summed E-state index contributed by atoms with van der Waals surface area (Å²) < 4.78 is 13.0. The molecule has 6 heteroatoms. The Hall–Kier alpha value is -1.62. The van der Waals surface area contributed by atoms with E-state index in [0.29, 0.717) is 24.9 Å². The van der Waals surface area contributed by atoms with Gasteiger partial charge in [-0.05, 0) is 37.0 Å². The molecule has 1 rings (SSSR count). The van der Waals surface area contributed by atoms with Gasteiger partial charge in [-0.3, -0.25) is 9.59 Å². The Balaban J connectivity index is 2.41. The van der Waals surface area contributed by atoms with Crippen molar-refractivity contribution in [2.75, 3.05) is 6.54 Å². The smallest absolute Gasteiger partial charge is 0.303 e. The molecule has 0 saturated heterocycles. The van der Waals surface area contributed by atoms with Gasteiger partial charge in [0.05, 0.1) is 5.02 Å². The third-order valence-corrected chi connectivity index (χ3v) is 3.65. The van der Waals surface area contributed by atoms with Gasteiger partial charge in [-0.25, -0.2) is 4.39 Å². The minimum Gasteiger partial charge on any atom is -0.481 e. The summed E-state index contributed by atoms with van der Waals surface area (Å²) in [6.45, 7) is 2.44. The summed E-state index contributed by atoms with van der Waals surface area (Å²) in [7, 11) is 0. The molecule has 0 fully saturated rings. The number of carbonyl (C=O) groups excluding carboxylic acids is 1. The summed E-state index contributed by atoms with van der Waals surface area (Å²) in [6, 6.07) is 3.81. The van der Waals surface area contributed by atoms with E-state index in [-0.39, 0.29) is 23.3 Å². The van der Waals surface area contributed by atoms with E-state index in [2.05, 4.69) is 5.32 Å². The molecule has 116 valence electrons. The number of carboxylic acid groups (broad SMARTS) is 1. The second kappa shape index (κ2) is 8.62. The molecule has 0 radical (unpaired) electrons. The maximum absolute atomic E-state index is 13.0. The lowest BCUT2D eigenvalue weighted by Crippen LogP contribution is -2.26. The topological polar surface area (TPSA) is 66.4 Å². The number of hydrogen-bond donors (Lipinski definition) is 2. The molecule has 2 N–H and O–H groups in total. The van der Waals surface area contributed by atoms with Crippen LogP contribution in [-0.2, 0) is 4.79 Å². The van der Waals surface area contributed by atoms with Crippen LogP contribution < -0.4 is 5.32 Å². The molecule has 1 atom stereocenters. The number of amides is 1. The van der Waals surface area contributed by atoms with Gasteiger partial charge in [-0.1, -0.05) is 24.9 Å². The standard InChI is InChI=1S/C15H19ClFNO3/c1-2-10(3-6-14(19)20)7-8-18-15(21)11-4-5-13(17)12(16)9-11/h4-5,9-10H,2-3,6-8H2,1H3,(H,18,21)(H,19,20). The molecule has 0 heterocycles. The Bertz CT molecular complexity index is 508. The van der Waals surface area contributed by atoms with E-state index in [9.17, 15) is 14.0 Å². The van der Waals surface area contributed by atoms with E-state index in [1.807, 2.05) is 6.92 Å². The molecule has 0 aliphatic rings. The number of halogens is 2. The van der Waals surface area contributed by atoms with Gasteiger partial charge in [0.25, 0.3) is 5.91 Å². The fourth-order valence-corrected chi connectivity index (χ4v) is 2.19. The monoisotopic (exact) mass is 315 g/mol. The number of hydrogen-bond acceptors (Lipinski definition) is 2. The number of nitrogens with one attached hydrogen (secondary N) is 1. The molecule has 0 aromatic heterocycles. The van der Waals surface area contributed by atoms with Crippen molar-refractivity contribution in [3.63, 3.8) is 0 Å². The van der Waals surface area contributed by atoms with Crippen LogP contribution in [0.4, 0.5) is 4.39 Å². The van der Waals surface area contributed by atoms with Crippen molar-refractivity contribution in [1.29, 1.82) is 0 Å². The van der Waals surface area contributed by atoms with Gasteiger partial charge < -0.3 is 10.4 Å². The molecule has 1 aromatic rings. The quantitative estimate of drug-likeness (QED) is 0.771. The van der Waals surface area contributed by atoms with Gasteiger partial charge in [0.1, 0.15) is 5.82 Å². The second-order valence-electron chi connectivity index (χ2n) is 4.88. The Labute approximate surface area is 128 Å². The maximum atomic E-state index is 13.0. The molecule has 0 saturated carbocycles. The lowest BCUT2D eigenvalue weighted by atomic mass is 9.96. The zero-order valence-electron chi connectivity index (χ0n) is 11.9. The summed E-state index contributed by atoms with van der Waals surface area (Å²) in [6.07, 6.45) is 2.32. The van der Waals surface area contributed by atoms with Crippen molar-refractivity contribution >= 4 is 23.5 Å². The molecular weight excluding hydrogens is 297 g/mol. The normalized spacial score (nSPS) is 12.0. The lowest BCUT2D eigenvalue weighted by molar-refractivity contribution is -0.137. The highest BCUT2D eigenvalue weighted by Gasteiger charge is 2.11. The third kappa shape index (κ3) is 6.12. The summed E-state index contributed by atoms with van der Waals surface area (Å²) in [5, 5.41) is 11.3. The molecule has 0 spiro atoms. The molecule has 0 aliphatic heterocycles. The van der Waals surface area contributed by atoms with Crippen LogP contribution in [0.15, 0.2) is 18.2 Å². The van der Waals surface area contributed by atoms with Crippen LogP contribution in [0.1, 0.15) is 43.0 Å². The third-order valence-electron chi connectivity index (χ3n) is 3.36. The van der Waals surface area contributed by atoms with Crippen LogP contribution in [0.5, 0.6) is 0 Å². The average Bonchev–Trinajstić information content (AvgIpc) is 2.45. The zero-order chi connectivity index (χ0) is 15.8.